The van der Waals surface area contributed by atoms with Gasteiger partial charge in [0.05, 0.1) is 12.8 Å². The Bertz CT molecular complexity index is 1210. The van der Waals surface area contributed by atoms with Crippen molar-refractivity contribution in [3.05, 3.63) is 77.4 Å². The zero-order valence-electron chi connectivity index (χ0n) is 18.3. The standard InChI is InChI=1S/C25H24N4O3S/c1-31-21-9-7-19(8-10-21)24-26-20(17-33-24)16-28-11-13-29(14-12-28)25(30)22-15-23(32-27-22)18-5-3-2-4-6-18/h2-10,15,17H,11-14,16H2,1H3. The van der Waals surface area contributed by atoms with E-state index in [-0.39, 0.29) is 5.91 Å². The number of methoxy groups -OCH3 is 1. The molecule has 3 heterocycles. The number of nitrogens with zero attached hydrogens (tertiary/aromatic N) is 4. The van der Waals surface area contributed by atoms with E-state index in [0.717, 1.165) is 47.2 Å². The lowest BCUT2D eigenvalue weighted by Gasteiger charge is -2.33. The SMILES string of the molecule is COc1ccc(-c2nc(CN3CCN(C(=O)c4cc(-c5ccccc5)on4)CC3)cs2)cc1. The first-order valence-corrected chi connectivity index (χ1v) is 11.7. The molecule has 5 rings (SSSR count). The first kappa shape index (κ1) is 21.4. The van der Waals surface area contributed by atoms with Gasteiger partial charge >= 0.3 is 0 Å². The molecule has 1 fully saturated rings. The van der Waals surface area contributed by atoms with Crippen molar-refractivity contribution in [3.8, 4) is 27.6 Å². The van der Waals surface area contributed by atoms with Crippen molar-refractivity contribution in [2.24, 2.45) is 0 Å². The molecular weight excluding hydrogens is 436 g/mol. The van der Waals surface area contributed by atoms with Crippen LogP contribution in [0.1, 0.15) is 16.2 Å². The fraction of sp³-hybridized carbons (Fsp3) is 0.240. The zero-order valence-corrected chi connectivity index (χ0v) is 19.1. The summed E-state index contributed by atoms with van der Waals surface area (Å²) in [6.45, 7) is 3.68. The third kappa shape index (κ3) is 4.81. The largest absolute Gasteiger partial charge is 0.497 e. The summed E-state index contributed by atoms with van der Waals surface area (Å²) in [5.41, 5.74) is 3.40. The van der Waals surface area contributed by atoms with E-state index in [1.165, 1.54) is 0 Å². The minimum Gasteiger partial charge on any atom is -0.497 e. The predicted molar refractivity (Wildman–Crippen MR) is 127 cm³/mol. The van der Waals surface area contributed by atoms with Gasteiger partial charge in [-0.25, -0.2) is 4.98 Å². The highest BCUT2D eigenvalue weighted by atomic mass is 32.1. The van der Waals surface area contributed by atoms with Gasteiger partial charge in [0.15, 0.2) is 11.5 Å². The molecule has 33 heavy (non-hydrogen) atoms. The second kappa shape index (κ2) is 9.56. The highest BCUT2D eigenvalue weighted by Gasteiger charge is 2.25. The zero-order chi connectivity index (χ0) is 22.6. The summed E-state index contributed by atoms with van der Waals surface area (Å²) < 4.78 is 10.6. The van der Waals surface area contributed by atoms with E-state index in [2.05, 4.69) is 15.4 Å². The maximum absolute atomic E-state index is 12.9. The second-order valence-corrected chi connectivity index (χ2v) is 8.74. The van der Waals surface area contributed by atoms with Gasteiger partial charge in [0.25, 0.3) is 5.91 Å². The van der Waals surface area contributed by atoms with Gasteiger partial charge in [-0.05, 0) is 24.3 Å². The Morgan fingerprint density at radius 3 is 2.52 bits per heavy atom. The van der Waals surface area contributed by atoms with Crippen molar-refractivity contribution < 1.29 is 14.1 Å². The van der Waals surface area contributed by atoms with Gasteiger partial charge in [0, 0.05) is 55.3 Å². The lowest BCUT2D eigenvalue weighted by Crippen LogP contribution is -2.48. The van der Waals surface area contributed by atoms with Crippen molar-refractivity contribution in [3.63, 3.8) is 0 Å². The Labute approximate surface area is 196 Å². The fourth-order valence-electron chi connectivity index (χ4n) is 3.86. The topological polar surface area (TPSA) is 71.7 Å². The molecule has 0 spiro atoms. The Morgan fingerprint density at radius 1 is 1.03 bits per heavy atom. The van der Waals surface area contributed by atoms with Crippen LogP contribution in [0.25, 0.3) is 21.9 Å². The van der Waals surface area contributed by atoms with Crippen molar-refractivity contribution in [1.29, 1.82) is 0 Å². The van der Waals surface area contributed by atoms with Crippen LogP contribution < -0.4 is 4.74 Å². The maximum atomic E-state index is 12.9. The van der Waals surface area contributed by atoms with Crippen LogP contribution in [0.4, 0.5) is 0 Å². The van der Waals surface area contributed by atoms with E-state index in [1.54, 1.807) is 24.5 Å². The Balaban J connectivity index is 1.16. The second-order valence-electron chi connectivity index (χ2n) is 7.88. The number of carbonyl (C=O) groups excluding carboxylic acids is 1. The molecule has 4 aromatic rings. The van der Waals surface area contributed by atoms with Gasteiger partial charge < -0.3 is 14.2 Å². The highest BCUT2D eigenvalue weighted by Crippen LogP contribution is 2.26. The number of ether oxygens (including phenoxy) is 1. The third-order valence-corrected chi connectivity index (χ3v) is 6.66. The molecule has 1 aliphatic rings. The molecule has 8 heteroatoms. The molecule has 0 bridgehead atoms. The molecular formula is C25H24N4O3S. The third-order valence-electron chi connectivity index (χ3n) is 5.72. The van der Waals surface area contributed by atoms with Gasteiger partial charge in [-0.3, -0.25) is 9.69 Å². The van der Waals surface area contributed by atoms with Crippen molar-refractivity contribution in [1.82, 2.24) is 19.9 Å². The van der Waals surface area contributed by atoms with Gasteiger partial charge in [-0.15, -0.1) is 11.3 Å². The lowest BCUT2D eigenvalue weighted by molar-refractivity contribution is 0.0617. The number of hydrogen-bond donors (Lipinski definition) is 0. The number of hydrogen-bond acceptors (Lipinski definition) is 7. The lowest BCUT2D eigenvalue weighted by atomic mass is 10.1. The summed E-state index contributed by atoms with van der Waals surface area (Å²) in [7, 11) is 1.66. The van der Waals surface area contributed by atoms with Crippen LogP contribution in [0.2, 0.25) is 0 Å². The van der Waals surface area contributed by atoms with Gasteiger partial charge in [-0.1, -0.05) is 35.5 Å². The van der Waals surface area contributed by atoms with E-state index >= 15 is 0 Å². The highest BCUT2D eigenvalue weighted by molar-refractivity contribution is 7.13. The van der Waals surface area contributed by atoms with Crippen LogP contribution >= 0.6 is 11.3 Å². The molecule has 168 valence electrons. The summed E-state index contributed by atoms with van der Waals surface area (Å²) in [5, 5.41) is 7.11. The molecule has 0 unspecified atom stereocenters. The van der Waals surface area contributed by atoms with Crippen LogP contribution in [-0.4, -0.2) is 59.1 Å². The Kier molecular flexibility index (Phi) is 6.19. The molecule has 1 amide bonds. The predicted octanol–water partition coefficient (Wildman–Crippen LogP) is 4.43. The minimum atomic E-state index is -0.0870. The fourth-order valence-corrected chi connectivity index (χ4v) is 4.68. The number of rotatable bonds is 6. The maximum Gasteiger partial charge on any atom is 0.276 e. The molecule has 2 aromatic carbocycles. The molecule has 0 atom stereocenters. The van der Waals surface area contributed by atoms with Crippen LogP contribution in [0.15, 0.2) is 70.6 Å². The number of amides is 1. The van der Waals surface area contributed by atoms with E-state index in [1.807, 2.05) is 59.5 Å². The first-order chi connectivity index (χ1) is 16.2. The number of thiazole rings is 1. The van der Waals surface area contributed by atoms with Crippen molar-refractivity contribution >= 4 is 17.2 Å². The molecule has 1 saturated heterocycles. The number of benzene rings is 2. The van der Waals surface area contributed by atoms with Crippen LogP contribution in [0, 0.1) is 0 Å². The van der Waals surface area contributed by atoms with E-state index in [4.69, 9.17) is 14.2 Å². The first-order valence-electron chi connectivity index (χ1n) is 10.8. The van der Waals surface area contributed by atoms with Crippen molar-refractivity contribution in [2.45, 2.75) is 6.54 Å². The molecule has 0 N–H and O–H groups in total. The number of aromatic nitrogens is 2. The monoisotopic (exact) mass is 460 g/mol. The van der Waals surface area contributed by atoms with Gasteiger partial charge in [0.2, 0.25) is 0 Å². The van der Waals surface area contributed by atoms with Gasteiger partial charge in [0.1, 0.15) is 10.8 Å². The Morgan fingerprint density at radius 2 is 1.79 bits per heavy atom. The molecule has 0 aliphatic carbocycles. The molecule has 1 aliphatic heterocycles. The minimum absolute atomic E-state index is 0.0870. The molecule has 2 aromatic heterocycles. The van der Waals surface area contributed by atoms with Gasteiger partial charge in [-0.2, -0.15) is 0 Å². The quantitative estimate of drug-likeness (QED) is 0.424. The summed E-state index contributed by atoms with van der Waals surface area (Å²) in [5.74, 6) is 1.36. The van der Waals surface area contributed by atoms with Crippen LogP contribution in [-0.2, 0) is 6.54 Å². The molecule has 0 radical (unpaired) electrons. The summed E-state index contributed by atoms with van der Waals surface area (Å²) in [6.07, 6.45) is 0. The van der Waals surface area contributed by atoms with Crippen LogP contribution in [0.5, 0.6) is 5.75 Å². The normalized spacial score (nSPS) is 14.4. The van der Waals surface area contributed by atoms with E-state index < -0.39 is 0 Å². The van der Waals surface area contributed by atoms with E-state index in [0.29, 0.717) is 24.5 Å². The van der Waals surface area contributed by atoms with Crippen LogP contribution in [0.3, 0.4) is 0 Å². The molecule has 7 nitrogen and oxygen atoms in total. The number of carbonyl (C=O) groups is 1. The smallest absolute Gasteiger partial charge is 0.276 e. The summed E-state index contributed by atoms with van der Waals surface area (Å²) in [4.78, 5) is 21.8. The Hall–Kier alpha value is -3.49. The molecule has 0 saturated carbocycles. The summed E-state index contributed by atoms with van der Waals surface area (Å²) in [6, 6.07) is 19.4. The average molecular weight is 461 g/mol. The average Bonchev–Trinajstić information content (AvgIpc) is 3.55. The van der Waals surface area contributed by atoms with E-state index in [9.17, 15) is 4.79 Å². The number of piperazine rings is 1. The summed E-state index contributed by atoms with van der Waals surface area (Å²) >= 11 is 1.65. The van der Waals surface area contributed by atoms with Crippen molar-refractivity contribution in [2.75, 3.05) is 33.3 Å².